The van der Waals surface area contributed by atoms with Gasteiger partial charge >= 0.3 is 52.9 Å². The SMILES string of the molecule is O=C(O)c1ccc([N+](=O)[O-])cc1.O=P(O)(O)O[C@H]1[C@H](OP(=O)(O)O)[C@@H](OP(=O)(O)O)[C@H](OP(=O)(O)O)[C@@H](OP(=O)(O)O)[C@H]1OP(=O)(O)O. The fourth-order valence-corrected chi connectivity index (χ4v) is 6.86. The summed E-state index contributed by atoms with van der Waals surface area (Å²) in [6, 6.07) is 4.70. The number of aromatic carboxylic acids is 1. The van der Waals surface area contributed by atoms with E-state index in [1.165, 1.54) is 12.1 Å². The summed E-state index contributed by atoms with van der Waals surface area (Å²) in [5, 5.41) is 18.6. The Bertz CT molecular complexity index is 1310. The minimum atomic E-state index is -6.02. The third-order valence-corrected chi connectivity index (χ3v) is 7.93. The van der Waals surface area contributed by atoms with Crippen LogP contribution in [0.15, 0.2) is 24.3 Å². The van der Waals surface area contributed by atoms with Crippen LogP contribution in [0.4, 0.5) is 5.69 Å². The second-order valence-electron chi connectivity index (χ2n) is 8.47. The molecule has 0 spiro atoms. The van der Waals surface area contributed by atoms with Crippen LogP contribution in [0, 0.1) is 10.1 Å². The molecule has 0 aromatic heterocycles. The Morgan fingerprint density at radius 2 is 0.688 bits per heavy atom. The molecule has 2 rings (SSSR count). The predicted octanol–water partition coefficient (Wildman–Crippen LogP) is -1.84. The third kappa shape index (κ3) is 17.1. The maximum atomic E-state index is 11.4. The number of carbonyl (C=O) groups is 1. The van der Waals surface area contributed by atoms with Gasteiger partial charge in [-0.05, 0) is 12.1 Å². The summed E-state index contributed by atoms with van der Waals surface area (Å²) < 4.78 is 93.1. The quantitative estimate of drug-likeness (QED) is 0.0556. The first kappa shape index (κ1) is 44.8. The lowest BCUT2D eigenvalue weighted by molar-refractivity contribution is -0.384. The van der Waals surface area contributed by atoms with Gasteiger partial charge in [0.25, 0.3) is 5.69 Å². The van der Waals surface area contributed by atoms with Gasteiger partial charge in [0.15, 0.2) is 0 Å². The maximum Gasteiger partial charge on any atom is 0.470 e. The van der Waals surface area contributed by atoms with Crippen molar-refractivity contribution in [1.82, 2.24) is 0 Å². The minimum absolute atomic E-state index is 0.0422. The van der Waals surface area contributed by atoms with Crippen LogP contribution >= 0.6 is 46.9 Å². The average molecular weight is 827 g/mol. The Kier molecular flexibility index (Phi) is 15.3. The van der Waals surface area contributed by atoms with E-state index in [-0.39, 0.29) is 11.3 Å². The van der Waals surface area contributed by atoms with Gasteiger partial charge in [0.2, 0.25) is 0 Å². The molecule has 48 heavy (non-hydrogen) atoms. The van der Waals surface area contributed by atoms with E-state index in [9.17, 15) is 42.3 Å². The Morgan fingerprint density at radius 1 is 0.500 bits per heavy atom. The summed E-state index contributed by atoms with van der Waals surface area (Å²) >= 11 is 0. The standard InChI is InChI=1S/C7H5NO4.C6H18O24P6/c9-7(10)5-1-3-6(4-2-5)8(11)12;7-31(8,9)25-1-2(26-32(10,11)12)4(28-34(16,17)18)6(30-36(22,23)24)5(29-35(19,20)21)3(1)27-33(13,14)15/h1-4H,(H,9,10);1-6H,(H2,7,8,9)(H2,10,11,12)(H2,13,14,15)(H2,16,17,18)(H2,19,20,21)(H2,22,23,24)/t;1-,2-,3-,4+,5-,6-. The number of nitro groups is 1. The highest BCUT2D eigenvalue weighted by atomic mass is 31.2. The normalized spacial score (nSPS) is 24.3. The molecule has 0 saturated heterocycles. The molecular formula is C13H23NO28P6. The van der Waals surface area contributed by atoms with Crippen LogP contribution in [0.5, 0.6) is 0 Å². The number of carboxylic acids is 1. The van der Waals surface area contributed by atoms with Crippen molar-refractivity contribution in [2.24, 2.45) is 0 Å². The van der Waals surface area contributed by atoms with Crippen molar-refractivity contribution in [3.05, 3.63) is 39.9 Å². The van der Waals surface area contributed by atoms with Gasteiger partial charge in [0.05, 0.1) is 10.5 Å². The molecule has 278 valence electrons. The van der Waals surface area contributed by atoms with E-state index >= 15 is 0 Å². The van der Waals surface area contributed by atoms with Crippen molar-refractivity contribution >= 4 is 58.6 Å². The molecular weight excluding hydrogens is 804 g/mol. The van der Waals surface area contributed by atoms with E-state index in [0.717, 1.165) is 12.1 Å². The average Bonchev–Trinajstić information content (AvgIpc) is 2.82. The van der Waals surface area contributed by atoms with Crippen molar-refractivity contribution in [3.63, 3.8) is 0 Å². The summed E-state index contributed by atoms with van der Waals surface area (Å²) in [4.78, 5) is 130. The lowest BCUT2D eigenvalue weighted by Gasteiger charge is -2.48. The lowest BCUT2D eigenvalue weighted by Crippen LogP contribution is -2.66. The third-order valence-electron chi connectivity index (χ3n) is 4.82. The second kappa shape index (κ2) is 16.4. The minimum Gasteiger partial charge on any atom is -0.478 e. The molecule has 0 aliphatic heterocycles. The summed E-state index contributed by atoms with van der Waals surface area (Å²) in [5.41, 5.74) is -0.0689. The maximum absolute atomic E-state index is 11.4. The Labute approximate surface area is 263 Å². The van der Waals surface area contributed by atoms with Crippen LogP contribution in [0.1, 0.15) is 10.4 Å². The highest BCUT2D eigenvalue weighted by Gasteiger charge is 2.62. The van der Waals surface area contributed by atoms with Gasteiger partial charge in [-0.15, -0.1) is 0 Å². The first-order chi connectivity index (χ1) is 21.2. The van der Waals surface area contributed by atoms with E-state index in [1.807, 2.05) is 0 Å². The molecule has 0 atom stereocenters. The molecule has 0 bridgehead atoms. The van der Waals surface area contributed by atoms with Crippen molar-refractivity contribution < 1.29 is 128 Å². The molecule has 0 unspecified atom stereocenters. The summed E-state index contributed by atoms with van der Waals surface area (Å²) in [6.07, 6.45) is -18.9. The van der Waals surface area contributed by atoms with Gasteiger partial charge in [0, 0.05) is 12.1 Å². The van der Waals surface area contributed by atoms with Crippen molar-refractivity contribution in [3.8, 4) is 0 Å². The number of non-ortho nitro benzene ring substituents is 1. The molecule has 0 heterocycles. The van der Waals surface area contributed by atoms with Crippen LogP contribution in [0.2, 0.25) is 0 Å². The molecule has 1 aromatic rings. The Balaban J connectivity index is 0.000000800. The van der Waals surface area contributed by atoms with E-state index < -0.39 is 94.5 Å². The molecule has 1 saturated carbocycles. The predicted molar refractivity (Wildman–Crippen MR) is 142 cm³/mol. The van der Waals surface area contributed by atoms with Crippen molar-refractivity contribution in [2.45, 2.75) is 36.6 Å². The number of carboxylic acid groups (broad SMARTS) is 1. The number of nitrogens with zero attached hydrogens (tertiary/aromatic N) is 1. The van der Waals surface area contributed by atoms with E-state index in [1.54, 1.807) is 0 Å². The smallest absolute Gasteiger partial charge is 0.470 e. The highest BCUT2D eigenvalue weighted by molar-refractivity contribution is 7.47. The Hall–Kier alpha value is -1.25. The van der Waals surface area contributed by atoms with Crippen LogP contribution in [0.25, 0.3) is 0 Å². The molecule has 1 aliphatic carbocycles. The molecule has 1 fully saturated rings. The molecule has 0 amide bonds. The zero-order chi connectivity index (χ0) is 37.8. The fraction of sp³-hybridized carbons (Fsp3) is 0.462. The lowest BCUT2D eigenvalue weighted by atomic mass is 9.85. The van der Waals surface area contributed by atoms with E-state index in [2.05, 4.69) is 27.1 Å². The highest BCUT2D eigenvalue weighted by Crippen LogP contribution is 2.57. The van der Waals surface area contributed by atoms with Crippen LogP contribution in [-0.2, 0) is 54.5 Å². The summed E-state index contributed by atoms with van der Waals surface area (Å²) in [7, 11) is -36.1. The number of rotatable bonds is 14. The van der Waals surface area contributed by atoms with Gasteiger partial charge in [-0.1, -0.05) is 0 Å². The van der Waals surface area contributed by atoms with Gasteiger partial charge in [-0.2, -0.15) is 0 Å². The van der Waals surface area contributed by atoms with Gasteiger partial charge in [-0.3, -0.25) is 37.3 Å². The fourth-order valence-electron chi connectivity index (χ4n) is 3.52. The molecule has 13 N–H and O–H groups in total. The largest absolute Gasteiger partial charge is 0.478 e. The van der Waals surface area contributed by atoms with Crippen molar-refractivity contribution in [2.75, 3.05) is 0 Å². The zero-order valence-corrected chi connectivity index (χ0v) is 27.7. The second-order valence-corrected chi connectivity index (χ2v) is 15.6. The van der Waals surface area contributed by atoms with Gasteiger partial charge in [-0.25, -0.2) is 32.2 Å². The monoisotopic (exact) mass is 827 g/mol. The number of hydrogen-bond donors (Lipinski definition) is 13. The molecule has 1 aliphatic rings. The van der Waals surface area contributed by atoms with E-state index in [0.29, 0.717) is 0 Å². The number of phosphoric acid groups is 6. The zero-order valence-electron chi connectivity index (χ0n) is 22.3. The number of hydrogen-bond acceptors (Lipinski definition) is 15. The van der Waals surface area contributed by atoms with Gasteiger partial charge < -0.3 is 63.8 Å². The number of nitro benzene ring substituents is 1. The summed E-state index contributed by atoms with van der Waals surface area (Å²) in [5.74, 6) is -1.09. The molecule has 35 heteroatoms. The number of phosphoric ester groups is 6. The Morgan fingerprint density at radius 3 is 0.812 bits per heavy atom. The van der Waals surface area contributed by atoms with Crippen LogP contribution in [-0.4, -0.2) is 111 Å². The molecule has 1 aromatic carbocycles. The van der Waals surface area contributed by atoms with Crippen LogP contribution < -0.4 is 0 Å². The van der Waals surface area contributed by atoms with Gasteiger partial charge in [0.1, 0.15) is 36.6 Å². The molecule has 29 nitrogen and oxygen atoms in total. The van der Waals surface area contributed by atoms with Crippen molar-refractivity contribution in [1.29, 1.82) is 0 Å². The van der Waals surface area contributed by atoms with E-state index in [4.69, 9.17) is 63.8 Å². The topological polar surface area (TPSA) is 481 Å². The first-order valence-electron chi connectivity index (χ1n) is 11.1. The molecule has 0 radical (unpaired) electrons. The first-order valence-corrected chi connectivity index (χ1v) is 20.3. The summed E-state index contributed by atoms with van der Waals surface area (Å²) in [6.45, 7) is 0. The van der Waals surface area contributed by atoms with Crippen LogP contribution in [0.3, 0.4) is 0 Å². The number of benzene rings is 1.